The molecule has 8 rings (SSSR count). The third kappa shape index (κ3) is 2.82. The summed E-state index contributed by atoms with van der Waals surface area (Å²) in [5.41, 5.74) is 3.30. The zero-order valence-electron chi connectivity index (χ0n) is 29.1. The van der Waals surface area contributed by atoms with E-state index in [1.807, 2.05) is 66.7 Å². The Kier molecular flexibility index (Phi) is 3.00. The topological polar surface area (TPSA) is 13.1 Å². The smallest absolute Gasteiger partial charge is 0.143 e. The van der Waals surface area contributed by atoms with Gasteiger partial charge in [-0.3, -0.25) is 0 Å². The molecule has 0 amide bonds. The summed E-state index contributed by atoms with van der Waals surface area (Å²) in [6.45, 7) is 0. The van der Waals surface area contributed by atoms with Crippen LogP contribution in [0.3, 0.4) is 0 Å². The molecule has 1 nitrogen and oxygen atoms in total. The molecule has 1 heteroatoms. The lowest BCUT2D eigenvalue weighted by atomic mass is 9.67. The lowest BCUT2D eigenvalue weighted by Crippen LogP contribution is -2.28. The van der Waals surface area contributed by atoms with Crippen molar-refractivity contribution < 1.29 is 16.8 Å². The van der Waals surface area contributed by atoms with Gasteiger partial charge in [0.25, 0.3) is 0 Å². The number of fused-ring (bicyclic) bond motifs is 6. The van der Waals surface area contributed by atoms with Gasteiger partial charge in [-0.15, -0.1) is 0 Å². The Bertz CT molecular complexity index is 2440. The van der Waals surface area contributed by atoms with Crippen molar-refractivity contribution in [3.8, 4) is 22.3 Å². The van der Waals surface area contributed by atoms with E-state index in [9.17, 15) is 1.37 Å². The summed E-state index contributed by atoms with van der Waals surface area (Å²) in [5.74, 6) is 0. The maximum atomic E-state index is 9.20. The third-order valence-electron chi connectivity index (χ3n) is 7.57. The molecule has 0 saturated carbocycles. The molecule has 0 N–H and O–H groups in total. The van der Waals surface area contributed by atoms with Crippen LogP contribution in [0.2, 0.25) is 0 Å². The van der Waals surface area contributed by atoms with Gasteiger partial charge in [0.2, 0.25) is 0 Å². The Morgan fingerprint density at radius 3 is 2.11 bits per heavy atom. The first kappa shape index (κ1) is 14.2. The first-order valence-corrected chi connectivity index (χ1v) is 12.4. The van der Waals surface area contributed by atoms with E-state index in [0.29, 0.717) is 22.3 Å². The van der Waals surface area contributed by atoms with Gasteiger partial charge in [-0.25, -0.2) is 0 Å². The summed E-state index contributed by atoms with van der Waals surface area (Å²) in [7, 11) is 0. The van der Waals surface area contributed by atoms with Gasteiger partial charge >= 0.3 is 0 Å². The Hall–Kier alpha value is -4.88. The Balaban J connectivity index is 1.49. The van der Waals surface area contributed by atoms with Crippen molar-refractivity contribution in [1.29, 1.82) is 0 Å². The molecule has 6 aromatic carbocycles. The Morgan fingerprint density at radius 1 is 0.500 bits per heavy atom. The van der Waals surface area contributed by atoms with E-state index < -0.39 is 47.7 Å². The normalized spacial score (nSPS) is 19.3. The summed E-state index contributed by atoms with van der Waals surface area (Å²) < 4.78 is 85.3. The lowest BCUT2D eigenvalue weighted by molar-refractivity contribution is 0.670. The molecule has 0 spiro atoms. The number of rotatable bonds is 3. The summed E-state index contributed by atoms with van der Waals surface area (Å²) in [6, 6.07) is 24.2. The molecule has 1 aliphatic rings. The zero-order valence-corrected chi connectivity index (χ0v) is 20.1. The average molecular weight is 494 g/mol. The van der Waals surface area contributed by atoms with Gasteiger partial charge in [0, 0.05) is 16.3 Å². The molecule has 1 unspecified atom stereocenters. The lowest BCUT2D eigenvalue weighted by Gasteiger charge is -2.34. The van der Waals surface area contributed by atoms with E-state index >= 15 is 0 Å². The molecule has 178 valence electrons. The second-order valence-electron chi connectivity index (χ2n) is 9.40. The number of hydrogen-bond acceptors (Lipinski definition) is 1. The predicted octanol–water partition coefficient (Wildman–Crippen LogP) is 9.62. The molecule has 1 aliphatic carbocycles. The van der Waals surface area contributed by atoms with Crippen molar-refractivity contribution >= 4 is 21.9 Å². The molecule has 0 aliphatic heterocycles. The molecule has 0 radical (unpaired) electrons. The quantitative estimate of drug-likeness (QED) is 0.239. The molecule has 1 aromatic heterocycles. The van der Waals surface area contributed by atoms with Crippen LogP contribution in [-0.2, 0) is 5.41 Å². The maximum Gasteiger partial charge on any atom is 0.143 e. The standard InChI is InChI=1S/C37H24O/c1-2-11-26(12-3-1)37(33-18-7-4-13-29(33)30-14-5-8-19-34(30)37)27-23-21-25(22-24-27)28-16-10-17-32-31-15-6-9-20-35(31)38-36(28)32/h1-24H/i1D,2D,3D,4D,7D,11D,12D,13D,18D. The predicted molar refractivity (Wildman–Crippen MR) is 156 cm³/mol. The second-order valence-corrected chi connectivity index (χ2v) is 9.40. The van der Waals surface area contributed by atoms with E-state index in [4.69, 9.17) is 15.4 Å². The van der Waals surface area contributed by atoms with E-state index in [1.54, 1.807) is 24.3 Å². The van der Waals surface area contributed by atoms with Crippen LogP contribution in [0.5, 0.6) is 0 Å². The van der Waals surface area contributed by atoms with Gasteiger partial charge in [-0.05, 0) is 45.0 Å². The van der Waals surface area contributed by atoms with Crippen LogP contribution in [0.25, 0.3) is 44.2 Å². The van der Waals surface area contributed by atoms with Crippen molar-refractivity contribution in [3.63, 3.8) is 0 Å². The van der Waals surface area contributed by atoms with E-state index in [-0.39, 0.29) is 28.8 Å². The Labute approximate surface area is 234 Å². The molecule has 1 atom stereocenters. The van der Waals surface area contributed by atoms with Crippen LogP contribution >= 0.6 is 0 Å². The summed E-state index contributed by atoms with van der Waals surface area (Å²) in [4.78, 5) is 0. The zero-order chi connectivity index (χ0) is 32.9. The van der Waals surface area contributed by atoms with Crippen LogP contribution in [-0.4, -0.2) is 0 Å². The molecule has 0 saturated heterocycles. The van der Waals surface area contributed by atoms with E-state index in [0.717, 1.165) is 27.5 Å². The fraction of sp³-hybridized carbons (Fsp3) is 0.0270. The first-order valence-electron chi connectivity index (χ1n) is 16.9. The molecular formula is C37H24O. The molecule has 7 aromatic rings. The summed E-state index contributed by atoms with van der Waals surface area (Å²) in [5, 5.41) is 1.96. The third-order valence-corrected chi connectivity index (χ3v) is 7.57. The van der Waals surface area contributed by atoms with Crippen LogP contribution in [0, 0.1) is 0 Å². The van der Waals surface area contributed by atoms with Gasteiger partial charge in [0.05, 0.1) is 17.8 Å². The van der Waals surface area contributed by atoms with Gasteiger partial charge < -0.3 is 4.42 Å². The van der Waals surface area contributed by atoms with Crippen LogP contribution < -0.4 is 0 Å². The van der Waals surface area contributed by atoms with Gasteiger partial charge in [0.1, 0.15) is 11.2 Å². The number of para-hydroxylation sites is 2. The highest BCUT2D eigenvalue weighted by atomic mass is 16.3. The first-order chi connectivity index (χ1) is 22.6. The fourth-order valence-electron chi connectivity index (χ4n) is 5.97. The highest BCUT2D eigenvalue weighted by Gasteiger charge is 2.45. The largest absolute Gasteiger partial charge is 0.455 e. The van der Waals surface area contributed by atoms with Gasteiger partial charge in [-0.1, -0.05) is 139 Å². The molecule has 0 fully saturated rings. The van der Waals surface area contributed by atoms with Crippen molar-refractivity contribution in [3.05, 3.63) is 168 Å². The molecule has 38 heavy (non-hydrogen) atoms. The van der Waals surface area contributed by atoms with Crippen molar-refractivity contribution in [2.75, 3.05) is 0 Å². The van der Waals surface area contributed by atoms with E-state index in [2.05, 4.69) is 0 Å². The monoisotopic (exact) mass is 493 g/mol. The minimum Gasteiger partial charge on any atom is -0.455 e. The van der Waals surface area contributed by atoms with Crippen molar-refractivity contribution in [1.82, 2.24) is 0 Å². The average Bonchev–Trinajstić information content (AvgIpc) is 3.63. The minimum absolute atomic E-state index is 0.0770. The fourth-order valence-corrected chi connectivity index (χ4v) is 5.97. The molecule has 0 bridgehead atoms. The van der Waals surface area contributed by atoms with E-state index in [1.165, 1.54) is 0 Å². The highest BCUT2D eigenvalue weighted by molar-refractivity contribution is 6.09. The molecule has 1 heterocycles. The second kappa shape index (κ2) is 8.06. The van der Waals surface area contributed by atoms with Crippen molar-refractivity contribution in [2.24, 2.45) is 0 Å². The number of furan rings is 1. The maximum absolute atomic E-state index is 9.20. The van der Waals surface area contributed by atoms with Gasteiger partial charge in [0.15, 0.2) is 0 Å². The molecular weight excluding hydrogens is 460 g/mol. The number of hydrogen-bond donors (Lipinski definition) is 0. The van der Waals surface area contributed by atoms with Crippen LogP contribution in [0.15, 0.2) is 150 Å². The highest BCUT2D eigenvalue weighted by Crippen LogP contribution is 2.56. The van der Waals surface area contributed by atoms with Crippen LogP contribution in [0.4, 0.5) is 0 Å². The van der Waals surface area contributed by atoms with Crippen LogP contribution in [0.1, 0.15) is 34.6 Å². The van der Waals surface area contributed by atoms with Crippen molar-refractivity contribution in [2.45, 2.75) is 5.41 Å². The summed E-state index contributed by atoms with van der Waals surface area (Å²) >= 11 is 0. The number of benzene rings is 6. The van der Waals surface area contributed by atoms with Gasteiger partial charge in [-0.2, -0.15) is 0 Å². The Morgan fingerprint density at radius 2 is 1.21 bits per heavy atom. The summed E-state index contributed by atoms with van der Waals surface area (Å²) in [6.07, 6.45) is 0. The SMILES string of the molecule is [2H]c1c([2H])c([2H])c(C2(c3ccc(-c4cccc5c4oc4ccccc45)cc3)c3ccccc3-c3c([2H])c([2H])c([2H])c([2H])c32)c([2H])c1[2H]. The minimum atomic E-state index is -1.67.